The Morgan fingerprint density at radius 2 is 1.93 bits per heavy atom. The second-order valence-electron chi connectivity index (χ2n) is 2.64. The summed E-state index contributed by atoms with van der Waals surface area (Å²) >= 11 is 0. The highest BCUT2D eigenvalue weighted by atomic mass is 16.5. The SMILES string of the molecule is COC1=CC(=O)C=C(OCC(=O)O)C1=O. The number of ketones is 2. The summed E-state index contributed by atoms with van der Waals surface area (Å²) in [6.45, 7) is -0.679. The third-order valence-corrected chi connectivity index (χ3v) is 1.57. The zero-order valence-corrected chi connectivity index (χ0v) is 7.85. The minimum atomic E-state index is -1.23. The molecule has 6 heteroatoms. The van der Waals surface area contributed by atoms with Crippen molar-refractivity contribution in [3.63, 3.8) is 0 Å². The van der Waals surface area contributed by atoms with Gasteiger partial charge >= 0.3 is 5.97 Å². The maximum absolute atomic E-state index is 11.4. The number of hydrogen-bond donors (Lipinski definition) is 1. The molecular formula is C9H8O6. The highest BCUT2D eigenvalue weighted by molar-refractivity contribution is 6.18. The summed E-state index contributed by atoms with van der Waals surface area (Å²) in [5.74, 6) is -2.83. The van der Waals surface area contributed by atoms with E-state index in [1.165, 1.54) is 7.11 Å². The number of carbonyl (C=O) groups is 3. The van der Waals surface area contributed by atoms with E-state index in [4.69, 9.17) is 5.11 Å². The number of Topliss-reactive ketones (excluding diaryl/α,β-unsaturated/α-hetero) is 1. The molecule has 0 saturated heterocycles. The molecule has 0 bridgehead atoms. The van der Waals surface area contributed by atoms with Gasteiger partial charge < -0.3 is 14.6 Å². The van der Waals surface area contributed by atoms with E-state index in [2.05, 4.69) is 9.47 Å². The molecule has 0 amide bonds. The molecule has 0 aliphatic heterocycles. The maximum atomic E-state index is 11.4. The Morgan fingerprint density at radius 1 is 1.33 bits per heavy atom. The van der Waals surface area contributed by atoms with Gasteiger partial charge in [-0.2, -0.15) is 0 Å². The van der Waals surface area contributed by atoms with Crippen molar-refractivity contribution in [2.24, 2.45) is 0 Å². The first kappa shape index (κ1) is 11.0. The van der Waals surface area contributed by atoms with Crippen molar-refractivity contribution in [1.82, 2.24) is 0 Å². The van der Waals surface area contributed by atoms with Crippen LogP contribution in [0.3, 0.4) is 0 Å². The first-order chi connectivity index (χ1) is 7.04. The van der Waals surface area contributed by atoms with E-state index in [1.807, 2.05) is 0 Å². The standard InChI is InChI=1S/C9H8O6/c1-14-6-2-5(10)3-7(9(6)13)15-4-8(11)12/h2-3H,4H2,1H3,(H,11,12). The van der Waals surface area contributed by atoms with Gasteiger partial charge in [0.15, 0.2) is 23.9 Å². The average Bonchev–Trinajstić information content (AvgIpc) is 2.18. The van der Waals surface area contributed by atoms with E-state index in [0.29, 0.717) is 0 Å². The number of aliphatic carboxylic acids is 1. The lowest BCUT2D eigenvalue weighted by atomic mass is 10.1. The third-order valence-electron chi connectivity index (χ3n) is 1.57. The first-order valence-electron chi connectivity index (χ1n) is 3.95. The Kier molecular flexibility index (Phi) is 3.22. The molecule has 0 aromatic rings. The number of ether oxygens (including phenoxy) is 2. The zero-order valence-electron chi connectivity index (χ0n) is 7.85. The molecule has 0 saturated carbocycles. The predicted octanol–water partition coefficient (Wildman–Crippen LogP) is -0.346. The summed E-state index contributed by atoms with van der Waals surface area (Å²) in [6, 6.07) is 0. The van der Waals surface area contributed by atoms with Crippen LogP contribution in [0.1, 0.15) is 0 Å². The summed E-state index contributed by atoms with van der Waals surface area (Å²) in [7, 11) is 1.23. The van der Waals surface area contributed by atoms with Crippen molar-refractivity contribution < 1.29 is 29.0 Å². The van der Waals surface area contributed by atoms with Crippen molar-refractivity contribution in [3.8, 4) is 0 Å². The van der Waals surface area contributed by atoms with Gasteiger partial charge in [-0.1, -0.05) is 0 Å². The molecule has 0 aromatic heterocycles. The molecule has 0 heterocycles. The van der Waals surface area contributed by atoms with E-state index < -0.39 is 24.1 Å². The Bertz CT molecular complexity index is 376. The fourth-order valence-electron chi connectivity index (χ4n) is 0.951. The fourth-order valence-corrected chi connectivity index (χ4v) is 0.951. The molecule has 0 unspecified atom stereocenters. The predicted molar refractivity (Wildman–Crippen MR) is 46.8 cm³/mol. The lowest BCUT2D eigenvalue weighted by molar-refractivity contribution is -0.141. The van der Waals surface area contributed by atoms with Gasteiger partial charge in [-0.3, -0.25) is 9.59 Å². The van der Waals surface area contributed by atoms with Crippen molar-refractivity contribution in [2.45, 2.75) is 0 Å². The number of rotatable bonds is 4. The smallest absolute Gasteiger partial charge is 0.341 e. The van der Waals surface area contributed by atoms with Gasteiger partial charge in [0.1, 0.15) is 0 Å². The summed E-state index contributed by atoms with van der Waals surface area (Å²) in [5, 5.41) is 8.33. The molecule has 0 spiro atoms. The Balaban J connectivity index is 2.77. The van der Waals surface area contributed by atoms with Gasteiger partial charge in [-0.15, -0.1) is 0 Å². The molecule has 0 aromatic carbocycles. The van der Waals surface area contributed by atoms with Crippen LogP contribution in [0.15, 0.2) is 23.7 Å². The van der Waals surface area contributed by atoms with Gasteiger partial charge in [-0.05, 0) is 0 Å². The van der Waals surface area contributed by atoms with Crippen LogP contribution in [-0.4, -0.2) is 36.4 Å². The van der Waals surface area contributed by atoms with Crippen LogP contribution < -0.4 is 0 Å². The van der Waals surface area contributed by atoms with Crippen molar-refractivity contribution in [1.29, 1.82) is 0 Å². The molecule has 1 aliphatic carbocycles. The fraction of sp³-hybridized carbons (Fsp3) is 0.222. The summed E-state index contributed by atoms with van der Waals surface area (Å²) < 4.78 is 9.26. The molecule has 0 atom stereocenters. The molecule has 0 fully saturated rings. The van der Waals surface area contributed by atoms with E-state index in [0.717, 1.165) is 12.2 Å². The minimum Gasteiger partial charge on any atom is -0.492 e. The maximum Gasteiger partial charge on any atom is 0.341 e. The van der Waals surface area contributed by atoms with Gasteiger partial charge in [0, 0.05) is 12.2 Å². The minimum absolute atomic E-state index is 0.164. The van der Waals surface area contributed by atoms with Crippen LogP contribution in [0.4, 0.5) is 0 Å². The monoisotopic (exact) mass is 212 g/mol. The molecule has 1 rings (SSSR count). The highest BCUT2D eigenvalue weighted by Crippen LogP contribution is 2.14. The molecule has 1 N–H and O–H groups in total. The van der Waals surface area contributed by atoms with Gasteiger partial charge in [-0.25, -0.2) is 4.79 Å². The molecule has 15 heavy (non-hydrogen) atoms. The number of carboxylic acid groups (broad SMARTS) is 1. The summed E-state index contributed by atoms with van der Waals surface area (Å²) in [6.07, 6.45) is 1.93. The second-order valence-corrected chi connectivity index (χ2v) is 2.64. The Morgan fingerprint density at radius 3 is 2.47 bits per heavy atom. The number of carbonyl (C=O) groups excluding carboxylic acids is 2. The van der Waals surface area contributed by atoms with Gasteiger partial charge in [0.2, 0.25) is 0 Å². The molecule has 0 radical (unpaired) electrons. The van der Waals surface area contributed by atoms with E-state index in [9.17, 15) is 14.4 Å². The lowest BCUT2D eigenvalue weighted by Gasteiger charge is -2.12. The van der Waals surface area contributed by atoms with Crippen LogP contribution >= 0.6 is 0 Å². The highest BCUT2D eigenvalue weighted by Gasteiger charge is 2.24. The Labute approximate surface area is 84.8 Å². The Hall–Kier alpha value is -2.11. The summed E-state index contributed by atoms with van der Waals surface area (Å²) in [4.78, 5) is 32.6. The van der Waals surface area contributed by atoms with E-state index in [1.54, 1.807) is 0 Å². The topological polar surface area (TPSA) is 89.9 Å². The van der Waals surface area contributed by atoms with Crippen LogP contribution in [0, 0.1) is 0 Å². The number of carboxylic acids is 1. The first-order valence-corrected chi connectivity index (χ1v) is 3.95. The lowest BCUT2D eigenvalue weighted by Crippen LogP contribution is -2.19. The normalized spacial score (nSPS) is 15.5. The number of allylic oxidation sites excluding steroid dienone is 2. The van der Waals surface area contributed by atoms with Crippen molar-refractivity contribution >= 4 is 17.5 Å². The van der Waals surface area contributed by atoms with Crippen LogP contribution in [-0.2, 0) is 23.9 Å². The van der Waals surface area contributed by atoms with E-state index >= 15 is 0 Å². The summed E-state index contributed by atoms with van der Waals surface area (Å²) in [5.41, 5.74) is 0. The largest absolute Gasteiger partial charge is 0.492 e. The molecule has 1 aliphatic rings. The molecule has 80 valence electrons. The van der Waals surface area contributed by atoms with Crippen LogP contribution in [0.25, 0.3) is 0 Å². The van der Waals surface area contributed by atoms with Crippen molar-refractivity contribution in [3.05, 3.63) is 23.7 Å². The van der Waals surface area contributed by atoms with Gasteiger partial charge in [0.05, 0.1) is 7.11 Å². The quantitative estimate of drug-likeness (QED) is 0.641. The average molecular weight is 212 g/mol. The van der Waals surface area contributed by atoms with Crippen LogP contribution in [0.5, 0.6) is 0 Å². The number of methoxy groups -OCH3 is 1. The molecular weight excluding hydrogens is 204 g/mol. The molecule has 6 nitrogen and oxygen atoms in total. The van der Waals surface area contributed by atoms with Crippen LogP contribution in [0.2, 0.25) is 0 Å². The third kappa shape index (κ3) is 2.67. The zero-order chi connectivity index (χ0) is 11.4. The number of hydrogen-bond acceptors (Lipinski definition) is 5. The second kappa shape index (κ2) is 4.41. The van der Waals surface area contributed by atoms with Crippen molar-refractivity contribution in [2.75, 3.05) is 13.7 Å². The van der Waals surface area contributed by atoms with E-state index in [-0.39, 0.29) is 11.5 Å². The van der Waals surface area contributed by atoms with Gasteiger partial charge in [0.25, 0.3) is 5.78 Å².